The topological polar surface area (TPSA) is 33.0 Å². The van der Waals surface area contributed by atoms with Crippen molar-refractivity contribution in [2.45, 2.75) is 45.6 Å². The van der Waals surface area contributed by atoms with Crippen LogP contribution in [0.3, 0.4) is 0 Å². The zero-order valence-electron chi connectivity index (χ0n) is 7.97. The molecule has 0 bridgehead atoms. The third-order valence-electron chi connectivity index (χ3n) is 2.31. The van der Waals surface area contributed by atoms with Gasteiger partial charge in [-0.3, -0.25) is 0 Å². The molecule has 1 saturated heterocycles. The Morgan fingerprint density at radius 2 is 2.25 bits per heavy atom. The second-order valence-corrected chi connectivity index (χ2v) is 4.19. The molecule has 1 fully saturated rings. The van der Waals surface area contributed by atoms with Crippen molar-refractivity contribution in [1.29, 1.82) is 5.26 Å². The van der Waals surface area contributed by atoms with Gasteiger partial charge in [0.05, 0.1) is 17.6 Å². The number of hydrogen-bond acceptors (Lipinski definition) is 2. The van der Waals surface area contributed by atoms with Crippen LogP contribution in [0, 0.1) is 16.7 Å². The van der Waals surface area contributed by atoms with Crippen LogP contribution in [0.5, 0.6) is 0 Å². The molecule has 1 rings (SSSR count). The molecular weight excluding hydrogens is 150 g/mol. The molecule has 0 spiro atoms. The summed E-state index contributed by atoms with van der Waals surface area (Å²) in [5.74, 6) is 0. The van der Waals surface area contributed by atoms with E-state index in [1.807, 2.05) is 13.8 Å². The Kier molecular flexibility index (Phi) is 3.11. The smallest absolute Gasteiger partial charge is 0.0684 e. The zero-order chi connectivity index (χ0) is 9.03. The van der Waals surface area contributed by atoms with E-state index < -0.39 is 0 Å². The highest BCUT2D eigenvalue weighted by Gasteiger charge is 2.24. The third-order valence-corrected chi connectivity index (χ3v) is 2.31. The van der Waals surface area contributed by atoms with E-state index in [1.165, 1.54) is 12.8 Å². The van der Waals surface area contributed by atoms with E-state index in [1.54, 1.807) is 0 Å². The minimum Gasteiger partial charge on any atom is -0.378 e. The molecule has 2 heteroatoms. The van der Waals surface area contributed by atoms with E-state index in [4.69, 9.17) is 10.00 Å². The highest BCUT2D eigenvalue weighted by atomic mass is 16.5. The molecule has 0 N–H and O–H groups in total. The summed E-state index contributed by atoms with van der Waals surface area (Å²) in [6, 6.07) is 2.31. The van der Waals surface area contributed by atoms with Crippen LogP contribution in [-0.2, 0) is 4.74 Å². The first-order valence-corrected chi connectivity index (χ1v) is 4.67. The molecule has 0 unspecified atom stereocenters. The van der Waals surface area contributed by atoms with Gasteiger partial charge < -0.3 is 4.74 Å². The quantitative estimate of drug-likeness (QED) is 0.633. The number of ether oxygens (including phenoxy) is 1. The lowest BCUT2D eigenvalue weighted by molar-refractivity contribution is -0.00247. The first-order valence-electron chi connectivity index (χ1n) is 4.67. The Balaban J connectivity index is 2.35. The van der Waals surface area contributed by atoms with Gasteiger partial charge in [-0.2, -0.15) is 5.26 Å². The maximum atomic E-state index is 8.82. The second kappa shape index (κ2) is 3.91. The monoisotopic (exact) mass is 167 g/mol. The Labute approximate surface area is 74.5 Å². The molecule has 0 aromatic carbocycles. The van der Waals surface area contributed by atoms with Crippen molar-refractivity contribution in [3.05, 3.63) is 0 Å². The fraction of sp³-hybridized carbons (Fsp3) is 0.900. The predicted octanol–water partition coefficient (Wildman–Crippen LogP) is 2.50. The lowest BCUT2D eigenvalue weighted by atomic mass is 9.86. The van der Waals surface area contributed by atoms with E-state index in [-0.39, 0.29) is 5.41 Å². The number of nitriles is 1. The van der Waals surface area contributed by atoms with Crippen molar-refractivity contribution < 1.29 is 4.74 Å². The minimum absolute atomic E-state index is 0.220. The van der Waals surface area contributed by atoms with E-state index in [9.17, 15) is 0 Å². The van der Waals surface area contributed by atoms with Gasteiger partial charge in [-0.15, -0.1) is 0 Å². The van der Waals surface area contributed by atoms with Crippen LogP contribution in [-0.4, -0.2) is 12.7 Å². The molecule has 1 aliphatic rings. The fourth-order valence-electron chi connectivity index (χ4n) is 1.58. The molecule has 0 aromatic rings. The first kappa shape index (κ1) is 9.54. The van der Waals surface area contributed by atoms with Crippen molar-refractivity contribution in [2.24, 2.45) is 5.41 Å². The average molecular weight is 167 g/mol. The van der Waals surface area contributed by atoms with Crippen LogP contribution < -0.4 is 0 Å². The average Bonchev–Trinajstić information content (AvgIpc) is 2.06. The lowest BCUT2D eigenvalue weighted by Crippen LogP contribution is -2.25. The minimum atomic E-state index is -0.220. The normalized spacial score (nSPS) is 24.9. The Hall–Kier alpha value is -0.550. The molecule has 1 atom stereocenters. The summed E-state index contributed by atoms with van der Waals surface area (Å²) in [4.78, 5) is 0. The van der Waals surface area contributed by atoms with Gasteiger partial charge in [-0.25, -0.2) is 0 Å². The summed E-state index contributed by atoms with van der Waals surface area (Å²) in [7, 11) is 0. The van der Waals surface area contributed by atoms with Crippen LogP contribution in [0.4, 0.5) is 0 Å². The largest absolute Gasteiger partial charge is 0.378 e. The van der Waals surface area contributed by atoms with Crippen LogP contribution in [0.1, 0.15) is 39.5 Å². The fourth-order valence-corrected chi connectivity index (χ4v) is 1.58. The zero-order valence-corrected chi connectivity index (χ0v) is 7.97. The van der Waals surface area contributed by atoms with Gasteiger partial charge in [0.2, 0.25) is 0 Å². The highest BCUT2D eigenvalue weighted by molar-refractivity contribution is 4.93. The SMILES string of the molecule is CC(C)(C#N)C[C@H]1CCCCO1. The molecule has 2 nitrogen and oxygen atoms in total. The third kappa shape index (κ3) is 2.83. The van der Waals surface area contributed by atoms with Crippen LogP contribution in [0.15, 0.2) is 0 Å². The molecule has 0 amide bonds. The highest BCUT2D eigenvalue weighted by Crippen LogP contribution is 2.27. The molecule has 12 heavy (non-hydrogen) atoms. The summed E-state index contributed by atoms with van der Waals surface area (Å²) in [5, 5.41) is 8.82. The summed E-state index contributed by atoms with van der Waals surface area (Å²) in [6.07, 6.45) is 4.78. The second-order valence-electron chi connectivity index (χ2n) is 4.19. The molecular formula is C10H17NO. The maximum Gasteiger partial charge on any atom is 0.0684 e. The van der Waals surface area contributed by atoms with E-state index in [2.05, 4.69) is 6.07 Å². The van der Waals surface area contributed by atoms with E-state index in [0.29, 0.717) is 6.10 Å². The van der Waals surface area contributed by atoms with Crippen LogP contribution in [0.2, 0.25) is 0 Å². The van der Waals surface area contributed by atoms with Gasteiger partial charge in [0.15, 0.2) is 0 Å². The van der Waals surface area contributed by atoms with Gasteiger partial charge in [-0.05, 0) is 39.5 Å². The van der Waals surface area contributed by atoms with Crippen molar-refractivity contribution in [1.82, 2.24) is 0 Å². The Morgan fingerprint density at radius 3 is 2.75 bits per heavy atom. The molecule has 1 aliphatic heterocycles. The molecule has 68 valence electrons. The summed E-state index contributed by atoms with van der Waals surface area (Å²) in [5.41, 5.74) is -0.220. The molecule has 0 saturated carbocycles. The summed E-state index contributed by atoms with van der Waals surface area (Å²) >= 11 is 0. The van der Waals surface area contributed by atoms with Crippen molar-refractivity contribution >= 4 is 0 Å². The lowest BCUT2D eigenvalue weighted by Gasteiger charge is -2.27. The standard InChI is InChI=1S/C10H17NO/c1-10(2,8-11)7-9-5-3-4-6-12-9/h9H,3-7H2,1-2H3/t9-/m1/s1. The number of nitrogens with zero attached hydrogens (tertiary/aromatic N) is 1. The number of rotatable bonds is 2. The maximum absolute atomic E-state index is 8.82. The van der Waals surface area contributed by atoms with E-state index >= 15 is 0 Å². The van der Waals surface area contributed by atoms with Gasteiger partial charge in [0.25, 0.3) is 0 Å². The van der Waals surface area contributed by atoms with Crippen LogP contribution in [0.25, 0.3) is 0 Å². The summed E-state index contributed by atoms with van der Waals surface area (Å²) in [6.45, 7) is 4.84. The first-order chi connectivity index (χ1) is 5.64. The number of hydrogen-bond donors (Lipinski definition) is 0. The molecule has 0 aliphatic carbocycles. The predicted molar refractivity (Wildman–Crippen MR) is 47.6 cm³/mol. The Bertz CT molecular complexity index is 175. The summed E-state index contributed by atoms with van der Waals surface area (Å²) < 4.78 is 5.56. The molecule has 0 aromatic heterocycles. The van der Waals surface area contributed by atoms with Crippen molar-refractivity contribution in [3.63, 3.8) is 0 Å². The van der Waals surface area contributed by atoms with Crippen molar-refractivity contribution in [2.75, 3.05) is 6.61 Å². The van der Waals surface area contributed by atoms with Crippen molar-refractivity contribution in [3.8, 4) is 6.07 Å². The van der Waals surface area contributed by atoms with Crippen LogP contribution >= 0.6 is 0 Å². The van der Waals surface area contributed by atoms with Gasteiger partial charge >= 0.3 is 0 Å². The van der Waals surface area contributed by atoms with Gasteiger partial charge in [0, 0.05) is 6.61 Å². The van der Waals surface area contributed by atoms with E-state index in [0.717, 1.165) is 19.4 Å². The Morgan fingerprint density at radius 1 is 1.50 bits per heavy atom. The van der Waals surface area contributed by atoms with Gasteiger partial charge in [-0.1, -0.05) is 0 Å². The molecule has 0 radical (unpaired) electrons. The molecule has 1 heterocycles. The van der Waals surface area contributed by atoms with Gasteiger partial charge in [0.1, 0.15) is 0 Å².